The molecule has 0 fully saturated rings. The van der Waals surface area contributed by atoms with Gasteiger partial charge in [-0.2, -0.15) is 17.9 Å². The number of aryl methyl sites for hydroxylation is 1. The van der Waals surface area contributed by atoms with Gasteiger partial charge in [-0.3, -0.25) is 0 Å². The van der Waals surface area contributed by atoms with E-state index in [-0.39, 0.29) is 4.90 Å². The maximum atomic E-state index is 13.7. The van der Waals surface area contributed by atoms with E-state index in [4.69, 9.17) is 0 Å². The number of rotatable bonds is 5. The van der Waals surface area contributed by atoms with Gasteiger partial charge in [-0.1, -0.05) is 48.0 Å². The van der Waals surface area contributed by atoms with Gasteiger partial charge in [0.1, 0.15) is 0 Å². The number of nitrogens with one attached hydrogen (secondary N) is 1. The van der Waals surface area contributed by atoms with E-state index in [2.05, 4.69) is 0 Å². The molecular weight excluding hydrogens is 343 g/mol. The Morgan fingerprint density at radius 1 is 1.00 bits per heavy atom. The first-order valence-corrected chi connectivity index (χ1v) is 8.44. The molecule has 0 spiro atoms. The van der Waals surface area contributed by atoms with Gasteiger partial charge in [-0.15, -0.1) is 0 Å². The molecule has 2 aromatic rings. The zero-order valence-electron chi connectivity index (χ0n) is 12.7. The summed E-state index contributed by atoms with van der Waals surface area (Å²) in [6, 6.07) is 11.8. The van der Waals surface area contributed by atoms with Crippen molar-refractivity contribution in [2.24, 2.45) is 0 Å². The van der Waals surface area contributed by atoms with Gasteiger partial charge >= 0.3 is 6.18 Å². The SMILES string of the molecule is Cc1ccc(S(=O)(=O)NC(CO)(c2ccccc2)C(F)(F)F)cc1. The van der Waals surface area contributed by atoms with E-state index in [1.165, 1.54) is 42.5 Å². The highest BCUT2D eigenvalue weighted by molar-refractivity contribution is 7.89. The van der Waals surface area contributed by atoms with Crippen LogP contribution in [0.2, 0.25) is 0 Å². The number of hydrogen-bond acceptors (Lipinski definition) is 3. The Bertz CT molecular complexity index is 790. The van der Waals surface area contributed by atoms with E-state index in [0.29, 0.717) is 0 Å². The minimum atomic E-state index is -5.04. The summed E-state index contributed by atoms with van der Waals surface area (Å²) in [6.07, 6.45) is -5.04. The molecule has 8 heteroatoms. The molecule has 0 bridgehead atoms. The second kappa shape index (κ2) is 6.54. The van der Waals surface area contributed by atoms with Gasteiger partial charge in [0.25, 0.3) is 0 Å². The van der Waals surface area contributed by atoms with E-state index < -0.39 is 33.9 Å². The maximum Gasteiger partial charge on any atom is 0.413 e. The normalized spacial score (nSPS) is 15.0. The number of alkyl halides is 3. The Hall–Kier alpha value is -1.90. The number of aliphatic hydroxyl groups excluding tert-OH is 1. The molecule has 0 aromatic heterocycles. The zero-order valence-corrected chi connectivity index (χ0v) is 13.5. The molecule has 0 aliphatic rings. The molecule has 0 aliphatic heterocycles. The minimum Gasteiger partial charge on any atom is -0.394 e. The van der Waals surface area contributed by atoms with Crippen molar-refractivity contribution in [3.8, 4) is 0 Å². The van der Waals surface area contributed by atoms with Crippen molar-refractivity contribution >= 4 is 10.0 Å². The van der Waals surface area contributed by atoms with E-state index in [1.54, 1.807) is 11.6 Å². The van der Waals surface area contributed by atoms with Gasteiger partial charge in [-0.25, -0.2) is 8.42 Å². The Kier molecular flexibility index (Phi) is 5.03. The van der Waals surface area contributed by atoms with E-state index in [9.17, 15) is 26.7 Å². The van der Waals surface area contributed by atoms with Crippen molar-refractivity contribution in [2.45, 2.75) is 23.5 Å². The Morgan fingerprint density at radius 3 is 2.00 bits per heavy atom. The standard InChI is InChI=1S/C16H16F3NO3S/c1-12-7-9-14(10-8-12)24(22,23)20-15(11-21,16(17,18)19)13-5-3-2-4-6-13/h2-10,20-21H,11H2,1H3. The molecule has 0 saturated carbocycles. The highest BCUT2D eigenvalue weighted by Gasteiger charge is 2.58. The summed E-state index contributed by atoms with van der Waals surface area (Å²) < 4.78 is 67.5. The molecule has 1 atom stereocenters. The summed E-state index contributed by atoms with van der Waals surface area (Å²) in [4.78, 5) is -0.314. The highest BCUT2D eigenvalue weighted by atomic mass is 32.2. The topological polar surface area (TPSA) is 66.4 Å². The van der Waals surface area contributed by atoms with Gasteiger partial charge in [0, 0.05) is 0 Å². The molecule has 0 aliphatic carbocycles. The van der Waals surface area contributed by atoms with Crippen molar-refractivity contribution in [1.82, 2.24) is 4.72 Å². The fourth-order valence-electron chi connectivity index (χ4n) is 2.22. The molecule has 24 heavy (non-hydrogen) atoms. The third-order valence-corrected chi connectivity index (χ3v) is 5.14. The molecule has 0 amide bonds. The minimum absolute atomic E-state index is 0.314. The molecular formula is C16H16F3NO3S. The summed E-state index contributed by atoms with van der Waals surface area (Å²) in [6.45, 7) is 0.257. The molecule has 0 radical (unpaired) electrons. The average Bonchev–Trinajstić information content (AvgIpc) is 2.52. The molecule has 2 rings (SSSR count). The van der Waals surface area contributed by atoms with Crippen LogP contribution in [-0.2, 0) is 15.6 Å². The molecule has 2 aromatic carbocycles. The lowest BCUT2D eigenvalue weighted by Gasteiger charge is -2.35. The first kappa shape index (κ1) is 18.4. The monoisotopic (exact) mass is 359 g/mol. The van der Waals surface area contributed by atoms with Crippen LogP contribution in [-0.4, -0.2) is 26.3 Å². The van der Waals surface area contributed by atoms with E-state index >= 15 is 0 Å². The first-order valence-electron chi connectivity index (χ1n) is 6.96. The first-order chi connectivity index (χ1) is 11.1. The van der Waals surface area contributed by atoms with Crippen LogP contribution in [0, 0.1) is 6.92 Å². The second-order valence-electron chi connectivity index (χ2n) is 5.35. The number of benzene rings is 2. The van der Waals surface area contributed by atoms with E-state index in [0.717, 1.165) is 17.7 Å². The van der Waals surface area contributed by atoms with Gasteiger partial charge < -0.3 is 5.11 Å². The average molecular weight is 359 g/mol. The van der Waals surface area contributed by atoms with Crippen molar-refractivity contribution in [3.63, 3.8) is 0 Å². The zero-order chi connectivity index (χ0) is 18.0. The Balaban J connectivity index is 2.55. The number of aliphatic hydroxyl groups is 1. The van der Waals surface area contributed by atoms with Crippen LogP contribution < -0.4 is 4.72 Å². The molecule has 1 unspecified atom stereocenters. The fraction of sp³-hybridized carbons (Fsp3) is 0.250. The number of hydrogen-bond donors (Lipinski definition) is 2. The van der Waals surface area contributed by atoms with Gasteiger partial charge in [0.2, 0.25) is 10.0 Å². The summed E-state index contributed by atoms with van der Waals surface area (Å²) in [5.41, 5.74) is -2.75. The fourth-order valence-corrected chi connectivity index (χ4v) is 3.59. The molecule has 130 valence electrons. The predicted molar refractivity (Wildman–Crippen MR) is 82.8 cm³/mol. The van der Waals surface area contributed by atoms with Gasteiger partial charge in [0.05, 0.1) is 11.5 Å². The number of sulfonamides is 1. The van der Waals surface area contributed by atoms with E-state index in [1.807, 2.05) is 0 Å². The van der Waals surface area contributed by atoms with Crippen LogP contribution in [0.1, 0.15) is 11.1 Å². The maximum absolute atomic E-state index is 13.7. The molecule has 4 nitrogen and oxygen atoms in total. The van der Waals surface area contributed by atoms with Crippen LogP contribution in [0.15, 0.2) is 59.5 Å². The smallest absolute Gasteiger partial charge is 0.394 e. The second-order valence-corrected chi connectivity index (χ2v) is 7.03. The van der Waals surface area contributed by atoms with Crippen LogP contribution >= 0.6 is 0 Å². The van der Waals surface area contributed by atoms with Crippen LogP contribution in [0.25, 0.3) is 0 Å². The summed E-state index contributed by atoms with van der Waals surface area (Å²) in [5.74, 6) is 0. The van der Waals surface area contributed by atoms with Crippen molar-refractivity contribution in [2.75, 3.05) is 6.61 Å². The van der Waals surface area contributed by atoms with Crippen LogP contribution in [0.4, 0.5) is 13.2 Å². The Morgan fingerprint density at radius 2 is 1.54 bits per heavy atom. The molecule has 2 N–H and O–H groups in total. The molecule has 0 heterocycles. The predicted octanol–water partition coefficient (Wildman–Crippen LogP) is 2.72. The van der Waals surface area contributed by atoms with Crippen molar-refractivity contribution < 1.29 is 26.7 Å². The lowest BCUT2D eigenvalue weighted by Crippen LogP contribution is -2.58. The summed E-state index contributed by atoms with van der Waals surface area (Å²) in [5, 5.41) is 9.47. The highest BCUT2D eigenvalue weighted by Crippen LogP contribution is 2.39. The Labute approximate surface area is 138 Å². The van der Waals surface area contributed by atoms with Crippen molar-refractivity contribution in [3.05, 3.63) is 65.7 Å². The summed E-state index contributed by atoms with van der Waals surface area (Å²) >= 11 is 0. The lowest BCUT2D eigenvalue weighted by atomic mass is 9.91. The quantitative estimate of drug-likeness (QED) is 0.863. The van der Waals surface area contributed by atoms with Crippen LogP contribution in [0.3, 0.4) is 0 Å². The lowest BCUT2D eigenvalue weighted by molar-refractivity contribution is -0.205. The van der Waals surface area contributed by atoms with Crippen LogP contribution in [0.5, 0.6) is 0 Å². The van der Waals surface area contributed by atoms with Gasteiger partial charge in [-0.05, 0) is 24.6 Å². The van der Waals surface area contributed by atoms with Gasteiger partial charge in [0.15, 0.2) is 5.54 Å². The number of halogens is 3. The largest absolute Gasteiger partial charge is 0.413 e. The summed E-state index contributed by atoms with van der Waals surface area (Å²) in [7, 11) is -4.51. The third kappa shape index (κ3) is 3.45. The van der Waals surface area contributed by atoms with Crippen molar-refractivity contribution in [1.29, 1.82) is 0 Å². The third-order valence-electron chi connectivity index (χ3n) is 3.63. The molecule has 0 saturated heterocycles.